The maximum absolute atomic E-state index is 12.5. The Morgan fingerprint density at radius 2 is 1.75 bits per heavy atom. The largest absolute Gasteiger partial charge is 0.495 e. The molecule has 0 radical (unpaired) electrons. The molecule has 0 saturated carbocycles. The van der Waals surface area contributed by atoms with Gasteiger partial charge in [0.25, 0.3) is 11.8 Å². The van der Waals surface area contributed by atoms with Crippen molar-refractivity contribution in [2.45, 2.75) is 6.42 Å². The van der Waals surface area contributed by atoms with Gasteiger partial charge in [0, 0.05) is 29.6 Å². The normalized spacial score (nSPS) is 12.8. The number of nitrogens with zero attached hydrogens (tertiary/aromatic N) is 1. The first kappa shape index (κ1) is 20.2. The Kier molecular flexibility index (Phi) is 5.90. The Morgan fingerprint density at radius 3 is 2.43 bits per heavy atom. The summed E-state index contributed by atoms with van der Waals surface area (Å²) in [5.41, 5.74) is 1.03. The summed E-state index contributed by atoms with van der Waals surface area (Å²) in [5, 5.41) is 3.03. The van der Waals surface area contributed by atoms with Crippen molar-refractivity contribution in [2.24, 2.45) is 0 Å². The minimum absolute atomic E-state index is 0.0389. The van der Waals surface area contributed by atoms with Gasteiger partial charge in [-0.15, -0.1) is 0 Å². The highest BCUT2D eigenvalue weighted by Gasteiger charge is 2.35. The first-order valence-corrected chi connectivity index (χ1v) is 9.40. The number of carbonyl (C=O) groups excluding carboxylic acids is 3. The maximum atomic E-state index is 12.5. The summed E-state index contributed by atoms with van der Waals surface area (Å²) in [6.07, 6.45) is -0.0687. The van der Waals surface area contributed by atoms with Crippen molar-refractivity contribution in [1.82, 2.24) is 4.90 Å². The fourth-order valence-corrected chi connectivity index (χ4v) is 3.44. The van der Waals surface area contributed by atoms with Crippen LogP contribution in [-0.4, -0.2) is 43.4 Å². The fraction of sp³-hybridized carbons (Fsp3) is 0.211. The van der Waals surface area contributed by atoms with E-state index in [4.69, 9.17) is 21.1 Å². The number of hydrogen-bond acceptors (Lipinski definition) is 5. The predicted octanol–water partition coefficient (Wildman–Crippen LogP) is 3.74. The van der Waals surface area contributed by atoms with Crippen molar-refractivity contribution in [3.8, 4) is 11.5 Å². The van der Waals surface area contributed by atoms with E-state index in [0.717, 1.165) is 4.90 Å². The van der Waals surface area contributed by atoms with E-state index in [1.807, 2.05) is 0 Å². The lowest BCUT2D eigenvalue weighted by atomic mass is 10.1. The SMILES string of the molecule is COc1cc(NC(=O)CCN2C(=O)c3ccc(Br)cc3C2=O)c(OC)cc1Cl. The second-order valence-electron chi connectivity index (χ2n) is 5.94. The third-order valence-corrected chi connectivity index (χ3v) is 5.03. The standard InChI is InChI=1S/C19H16BrClN2O5/c1-27-15-9-14(16(28-2)8-13(15)21)22-17(24)5-6-23-18(25)11-4-3-10(20)7-12(11)19(23)26/h3-4,7-9H,5-6H2,1-2H3,(H,22,24). The number of methoxy groups -OCH3 is 2. The average molecular weight is 468 g/mol. The van der Waals surface area contributed by atoms with Crippen molar-refractivity contribution in [3.63, 3.8) is 0 Å². The smallest absolute Gasteiger partial charge is 0.261 e. The van der Waals surface area contributed by atoms with Crippen molar-refractivity contribution in [2.75, 3.05) is 26.1 Å². The Hall–Kier alpha value is -2.58. The molecule has 0 aliphatic carbocycles. The van der Waals surface area contributed by atoms with Gasteiger partial charge in [0.1, 0.15) is 11.5 Å². The molecule has 0 saturated heterocycles. The number of carbonyl (C=O) groups is 3. The van der Waals surface area contributed by atoms with E-state index >= 15 is 0 Å². The highest BCUT2D eigenvalue weighted by Crippen LogP contribution is 2.36. The zero-order chi connectivity index (χ0) is 20.4. The molecule has 3 amide bonds. The van der Waals surface area contributed by atoms with Gasteiger partial charge in [-0.3, -0.25) is 19.3 Å². The van der Waals surface area contributed by atoms with Crippen LogP contribution in [0.15, 0.2) is 34.8 Å². The lowest BCUT2D eigenvalue weighted by Gasteiger charge is -2.15. The second-order valence-corrected chi connectivity index (χ2v) is 7.26. The fourth-order valence-electron chi connectivity index (χ4n) is 2.85. The van der Waals surface area contributed by atoms with E-state index in [1.165, 1.54) is 20.3 Å². The molecule has 0 fully saturated rings. The minimum Gasteiger partial charge on any atom is -0.495 e. The van der Waals surface area contributed by atoms with E-state index < -0.39 is 11.8 Å². The van der Waals surface area contributed by atoms with Crippen LogP contribution in [0.3, 0.4) is 0 Å². The van der Waals surface area contributed by atoms with E-state index in [0.29, 0.717) is 37.8 Å². The number of rotatable bonds is 6. The number of amides is 3. The van der Waals surface area contributed by atoms with Crippen LogP contribution in [0.4, 0.5) is 5.69 Å². The van der Waals surface area contributed by atoms with Gasteiger partial charge >= 0.3 is 0 Å². The van der Waals surface area contributed by atoms with E-state index in [2.05, 4.69) is 21.2 Å². The molecule has 3 rings (SSSR count). The number of nitrogens with one attached hydrogen (secondary N) is 1. The molecule has 7 nitrogen and oxygen atoms in total. The molecular weight excluding hydrogens is 452 g/mol. The molecule has 1 aliphatic heterocycles. The molecule has 0 atom stereocenters. The summed E-state index contributed by atoms with van der Waals surface area (Å²) >= 11 is 9.33. The van der Waals surface area contributed by atoms with Crippen LogP contribution in [-0.2, 0) is 4.79 Å². The van der Waals surface area contributed by atoms with Crippen molar-refractivity contribution in [1.29, 1.82) is 0 Å². The Bertz CT molecular complexity index is 979. The molecule has 1 aliphatic rings. The number of halogens is 2. The second kappa shape index (κ2) is 8.20. The van der Waals surface area contributed by atoms with E-state index in [-0.39, 0.29) is 18.9 Å². The van der Waals surface area contributed by atoms with Gasteiger partial charge in [0.15, 0.2) is 0 Å². The van der Waals surface area contributed by atoms with Crippen molar-refractivity contribution >= 4 is 50.9 Å². The Balaban J connectivity index is 1.69. The number of imide groups is 1. The summed E-state index contributed by atoms with van der Waals surface area (Å²) in [6.45, 7) is -0.0389. The first-order chi connectivity index (χ1) is 13.3. The van der Waals surface area contributed by atoms with Crippen molar-refractivity contribution in [3.05, 3.63) is 51.0 Å². The minimum atomic E-state index is -0.417. The van der Waals surface area contributed by atoms with Crippen LogP contribution in [0.25, 0.3) is 0 Å². The van der Waals surface area contributed by atoms with Gasteiger partial charge in [-0.05, 0) is 18.2 Å². The molecule has 0 aromatic heterocycles. The monoisotopic (exact) mass is 466 g/mol. The zero-order valence-electron chi connectivity index (χ0n) is 15.0. The molecule has 28 heavy (non-hydrogen) atoms. The Labute approximate surface area is 174 Å². The molecule has 9 heteroatoms. The topological polar surface area (TPSA) is 84.9 Å². The molecule has 146 valence electrons. The number of hydrogen-bond donors (Lipinski definition) is 1. The van der Waals surface area contributed by atoms with Crippen LogP contribution >= 0.6 is 27.5 Å². The van der Waals surface area contributed by atoms with E-state index in [1.54, 1.807) is 24.3 Å². The summed E-state index contributed by atoms with van der Waals surface area (Å²) < 4.78 is 11.1. The molecule has 0 spiro atoms. The summed E-state index contributed by atoms with van der Waals surface area (Å²) in [7, 11) is 2.91. The number of benzene rings is 2. The van der Waals surface area contributed by atoms with Gasteiger partial charge in [0.05, 0.1) is 36.1 Å². The molecule has 0 unspecified atom stereocenters. The number of fused-ring (bicyclic) bond motifs is 1. The highest BCUT2D eigenvalue weighted by molar-refractivity contribution is 9.10. The molecule has 2 aromatic carbocycles. The van der Waals surface area contributed by atoms with Crippen LogP contribution < -0.4 is 14.8 Å². The molecule has 1 N–H and O–H groups in total. The van der Waals surface area contributed by atoms with Gasteiger partial charge in [0.2, 0.25) is 5.91 Å². The Morgan fingerprint density at radius 1 is 1.07 bits per heavy atom. The van der Waals surface area contributed by atoms with Gasteiger partial charge < -0.3 is 14.8 Å². The first-order valence-electron chi connectivity index (χ1n) is 8.22. The van der Waals surface area contributed by atoms with Crippen molar-refractivity contribution < 1.29 is 23.9 Å². The molecular formula is C19H16BrClN2O5. The number of ether oxygens (including phenoxy) is 2. The van der Waals surface area contributed by atoms with Crippen LogP contribution in [0.5, 0.6) is 11.5 Å². The molecule has 2 aromatic rings. The lowest BCUT2D eigenvalue weighted by Crippen LogP contribution is -2.32. The highest BCUT2D eigenvalue weighted by atomic mass is 79.9. The molecule has 0 bridgehead atoms. The van der Waals surface area contributed by atoms with Gasteiger partial charge in [-0.1, -0.05) is 27.5 Å². The van der Waals surface area contributed by atoms with E-state index in [9.17, 15) is 14.4 Å². The number of anilines is 1. The van der Waals surface area contributed by atoms with Gasteiger partial charge in [-0.2, -0.15) is 0 Å². The summed E-state index contributed by atoms with van der Waals surface area (Å²) in [5.74, 6) is -0.472. The predicted molar refractivity (Wildman–Crippen MR) is 107 cm³/mol. The lowest BCUT2D eigenvalue weighted by molar-refractivity contribution is -0.116. The summed E-state index contributed by atoms with van der Waals surface area (Å²) in [6, 6.07) is 7.95. The van der Waals surface area contributed by atoms with Crippen LogP contribution in [0, 0.1) is 0 Å². The summed E-state index contributed by atoms with van der Waals surface area (Å²) in [4.78, 5) is 38.3. The third kappa shape index (κ3) is 3.83. The average Bonchev–Trinajstić information content (AvgIpc) is 2.90. The van der Waals surface area contributed by atoms with Crippen LogP contribution in [0.2, 0.25) is 5.02 Å². The zero-order valence-corrected chi connectivity index (χ0v) is 17.4. The quantitative estimate of drug-likeness (QED) is 0.654. The van der Waals surface area contributed by atoms with Gasteiger partial charge in [-0.25, -0.2) is 0 Å². The third-order valence-electron chi connectivity index (χ3n) is 4.24. The molecule has 1 heterocycles. The maximum Gasteiger partial charge on any atom is 0.261 e. The van der Waals surface area contributed by atoms with Crippen LogP contribution in [0.1, 0.15) is 27.1 Å².